The Bertz CT molecular complexity index is 866. The molecule has 0 saturated heterocycles. The molecular formula is C22H28N2O6. The number of hydrogen-bond donors (Lipinski definition) is 0. The minimum atomic E-state index is -0.912. The quantitative estimate of drug-likeness (QED) is 0.293. The Morgan fingerprint density at radius 1 is 1.23 bits per heavy atom. The van der Waals surface area contributed by atoms with E-state index in [4.69, 9.17) is 19.1 Å². The summed E-state index contributed by atoms with van der Waals surface area (Å²) in [5.74, 6) is -0.485. The van der Waals surface area contributed by atoms with Crippen molar-refractivity contribution in [2.75, 3.05) is 20.5 Å². The number of esters is 1. The van der Waals surface area contributed by atoms with E-state index in [1.807, 2.05) is 38.1 Å². The second-order valence-corrected chi connectivity index (χ2v) is 7.32. The third-order valence-corrected chi connectivity index (χ3v) is 5.44. The van der Waals surface area contributed by atoms with Crippen LogP contribution in [0.5, 0.6) is 0 Å². The second-order valence-electron chi connectivity index (χ2n) is 7.32. The molecule has 1 aromatic carbocycles. The summed E-state index contributed by atoms with van der Waals surface area (Å²) in [4.78, 5) is 36.3. The van der Waals surface area contributed by atoms with Gasteiger partial charge in [-0.1, -0.05) is 29.4 Å². The van der Waals surface area contributed by atoms with E-state index in [1.54, 1.807) is 0 Å². The Morgan fingerprint density at radius 2 is 1.93 bits per heavy atom. The van der Waals surface area contributed by atoms with Crippen LogP contribution in [0.4, 0.5) is 0 Å². The molecule has 1 fully saturated rings. The summed E-state index contributed by atoms with van der Waals surface area (Å²) < 4.78 is 11.0. The van der Waals surface area contributed by atoms with Crippen LogP contribution in [0.1, 0.15) is 50.7 Å². The molecule has 0 radical (unpaired) electrons. The molecule has 1 aromatic rings. The van der Waals surface area contributed by atoms with Crippen molar-refractivity contribution in [1.82, 2.24) is 5.06 Å². The molecule has 0 bridgehead atoms. The predicted octanol–water partition coefficient (Wildman–Crippen LogP) is 3.35. The molecule has 0 atom stereocenters. The van der Waals surface area contributed by atoms with Crippen molar-refractivity contribution in [3.05, 3.63) is 41.2 Å². The first-order valence-corrected chi connectivity index (χ1v) is 10.1. The maximum Gasteiger partial charge on any atom is 0.307 e. The molecule has 2 aliphatic rings. The summed E-state index contributed by atoms with van der Waals surface area (Å²) in [6.45, 7) is 5.49. The third kappa shape index (κ3) is 4.11. The van der Waals surface area contributed by atoms with Gasteiger partial charge in [-0.15, -0.1) is 0 Å². The van der Waals surface area contributed by atoms with Crippen molar-refractivity contribution in [2.24, 2.45) is 5.16 Å². The molecule has 1 aliphatic heterocycles. The number of benzene rings is 1. The first-order chi connectivity index (χ1) is 14.4. The topological polar surface area (TPSA) is 86.7 Å². The van der Waals surface area contributed by atoms with Crippen LogP contribution in [-0.4, -0.2) is 48.7 Å². The smallest absolute Gasteiger partial charge is 0.307 e. The normalized spacial score (nSPS) is 21.4. The summed E-state index contributed by atoms with van der Waals surface area (Å²) in [5, 5.41) is 5.40. The minimum Gasteiger partial charge on any atom is -0.428 e. The van der Waals surface area contributed by atoms with E-state index in [9.17, 15) is 9.59 Å². The fraction of sp³-hybridized carbons (Fsp3) is 0.500. The SMILES string of the molecule is CCOCON1C(=O)C(c2ccccc2C)=C(OC(C)=O)C12CCC(=NOC)CC2. The Balaban J connectivity index is 2.11. The van der Waals surface area contributed by atoms with E-state index in [1.165, 1.54) is 19.1 Å². The molecule has 1 heterocycles. The van der Waals surface area contributed by atoms with Gasteiger partial charge in [0.15, 0.2) is 6.79 Å². The second kappa shape index (κ2) is 9.40. The fourth-order valence-electron chi connectivity index (χ4n) is 4.06. The highest BCUT2D eigenvalue weighted by molar-refractivity contribution is 6.23. The van der Waals surface area contributed by atoms with Crippen molar-refractivity contribution in [2.45, 2.75) is 52.0 Å². The molecule has 162 valence electrons. The highest BCUT2D eigenvalue weighted by Crippen LogP contribution is 2.49. The molecule has 1 spiro atoms. The van der Waals surface area contributed by atoms with Gasteiger partial charge in [0.1, 0.15) is 18.4 Å². The van der Waals surface area contributed by atoms with E-state index >= 15 is 0 Å². The van der Waals surface area contributed by atoms with Crippen LogP contribution in [0.25, 0.3) is 5.57 Å². The molecule has 1 amide bonds. The number of nitrogens with zero attached hydrogens (tertiary/aromatic N) is 2. The van der Waals surface area contributed by atoms with E-state index in [0.29, 0.717) is 43.6 Å². The number of amides is 1. The number of hydrogen-bond acceptors (Lipinski definition) is 7. The Kier molecular flexibility index (Phi) is 6.89. The van der Waals surface area contributed by atoms with Crippen molar-refractivity contribution >= 4 is 23.2 Å². The highest BCUT2D eigenvalue weighted by Gasteiger charge is 2.56. The molecule has 3 rings (SSSR count). The lowest BCUT2D eigenvalue weighted by Crippen LogP contribution is -2.51. The van der Waals surface area contributed by atoms with Gasteiger partial charge in [-0.25, -0.2) is 9.90 Å². The van der Waals surface area contributed by atoms with E-state index < -0.39 is 11.5 Å². The van der Waals surface area contributed by atoms with E-state index in [-0.39, 0.29) is 12.7 Å². The van der Waals surface area contributed by atoms with E-state index in [0.717, 1.165) is 16.8 Å². The molecule has 30 heavy (non-hydrogen) atoms. The largest absolute Gasteiger partial charge is 0.428 e. The molecule has 8 nitrogen and oxygen atoms in total. The van der Waals surface area contributed by atoms with Crippen LogP contribution in [0, 0.1) is 6.92 Å². The van der Waals surface area contributed by atoms with Gasteiger partial charge in [-0.3, -0.25) is 9.59 Å². The number of hydroxylamine groups is 2. The van der Waals surface area contributed by atoms with Gasteiger partial charge < -0.3 is 14.3 Å². The number of carbonyl (C=O) groups excluding carboxylic acids is 2. The lowest BCUT2D eigenvalue weighted by atomic mass is 9.79. The van der Waals surface area contributed by atoms with Gasteiger partial charge in [0.25, 0.3) is 5.91 Å². The van der Waals surface area contributed by atoms with Gasteiger partial charge in [0.05, 0.1) is 11.3 Å². The predicted molar refractivity (Wildman–Crippen MR) is 110 cm³/mol. The van der Waals surface area contributed by atoms with Gasteiger partial charge in [-0.05, 0) is 50.7 Å². The summed E-state index contributed by atoms with van der Waals surface area (Å²) in [6.07, 6.45) is 2.15. The Morgan fingerprint density at radius 3 is 2.53 bits per heavy atom. The maximum absolute atomic E-state index is 13.6. The number of oxime groups is 1. The molecule has 1 aliphatic carbocycles. The summed E-state index contributed by atoms with van der Waals surface area (Å²) in [7, 11) is 1.51. The Labute approximate surface area is 176 Å². The summed E-state index contributed by atoms with van der Waals surface area (Å²) in [6, 6.07) is 7.53. The molecular weight excluding hydrogens is 388 g/mol. The van der Waals surface area contributed by atoms with Gasteiger partial charge >= 0.3 is 5.97 Å². The van der Waals surface area contributed by atoms with Gasteiger partial charge in [-0.2, -0.15) is 0 Å². The highest BCUT2D eigenvalue weighted by atomic mass is 16.8. The summed E-state index contributed by atoms with van der Waals surface area (Å²) >= 11 is 0. The van der Waals surface area contributed by atoms with Crippen molar-refractivity contribution in [3.63, 3.8) is 0 Å². The molecule has 0 unspecified atom stereocenters. The fourth-order valence-corrected chi connectivity index (χ4v) is 4.06. The number of ether oxygens (including phenoxy) is 2. The average Bonchev–Trinajstić information content (AvgIpc) is 2.92. The summed E-state index contributed by atoms with van der Waals surface area (Å²) in [5.41, 5.74) is 1.96. The zero-order valence-corrected chi connectivity index (χ0v) is 17.9. The van der Waals surface area contributed by atoms with E-state index in [2.05, 4.69) is 5.16 Å². The number of rotatable bonds is 7. The Hall–Kier alpha value is -2.71. The average molecular weight is 416 g/mol. The monoisotopic (exact) mass is 416 g/mol. The van der Waals surface area contributed by atoms with Crippen molar-refractivity contribution in [1.29, 1.82) is 0 Å². The van der Waals surface area contributed by atoms with Crippen LogP contribution in [-0.2, 0) is 28.7 Å². The standard InChI is InChI=1S/C22H28N2O6/c1-5-28-14-29-24-21(26)19(18-9-7-6-8-15(18)2)20(30-16(3)25)22(24)12-10-17(11-13-22)23-27-4/h6-9H,5,10-14H2,1-4H3. The molecule has 0 aromatic heterocycles. The third-order valence-electron chi connectivity index (χ3n) is 5.44. The first kappa shape index (κ1) is 22.0. The molecule has 8 heteroatoms. The van der Waals surface area contributed by atoms with Crippen LogP contribution in [0.15, 0.2) is 35.2 Å². The van der Waals surface area contributed by atoms with Crippen LogP contribution < -0.4 is 0 Å². The molecule has 0 N–H and O–H groups in total. The zero-order chi connectivity index (χ0) is 21.7. The number of aryl methyl sites for hydroxylation is 1. The minimum absolute atomic E-state index is 0.0720. The number of carbonyl (C=O) groups is 2. The van der Waals surface area contributed by atoms with Crippen LogP contribution in [0.2, 0.25) is 0 Å². The van der Waals surface area contributed by atoms with Crippen molar-refractivity contribution < 1.29 is 28.7 Å². The van der Waals surface area contributed by atoms with Crippen LogP contribution in [0.3, 0.4) is 0 Å². The van der Waals surface area contributed by atoms with Crippen molar-refractivity contribution in [3.8, 4) is 0 Å². The lowest BCUT2D eigenvalue weighted by molar-refractivity contribution is -0.251. The molecule has 1 saturated carbocycles. The lowest BCUT2D eigenvalue weighted by Gasteiger charge is -2.41. The van der Waals surface area contributed by atoms with Crippen LogP contribution >= 0.6 is 0 Å². The maximum atomic E-state index is 13.6. The first-order valence-electron chi connectivity index (χ1n) is 10.1. The van der Waals surface area contributed by atoms with Gasteiger partial charge in [0.2, 0.25) is 0 Å². The zero-order valence-electron chi connectivity index (χ0n) is 17.9. The van der Waals surface area contributed by atoms with Gasteiger partial charge in [0, 0.05) is 13.5 Å².